The number of hydrogen-bond donors (Lipinski definition) is 1. The Hall–Kier alpha value is -0.0800. The number of aliphatic hydroxyl groups excluding tert-OH is 1. The highest BCUT2D eigenvalue weighted by atomic mass is 16.5. The Morgan fingerprint density at radius 2 is 2.00 bits per heavy atom. The van der Waals surface area contributed by atoms with Gasteiger partial charge in [-0.2, -0.15) is 0 Å². The van der Waals surface area contributed by atoms with Gasteiger partial charge in [0, 0.05) is 19.1 Å². The summed E-state index contributed by atoms with van der Waals surface area (Å²) in [4.78, 5) is 0. The van der Waals surface area contributed by atoms with Gasteiger partial charge in [0.25, 0.3) is 0 Å². The number of hydrogen-bond acceptors (Lipinski definition) is 2. The second-order valence-corrected chi connectivity index (χ2v) is 4.62. The Morgan fingerprint density at radius 1 is 1.31 bits per heavy atom. The van der Waals surface area contributed by atoms with Gasteiger partial charge in [0.05, 0.1) is 6.10 Å². The maximum Gasteiger partial charge on any atom is 0.0631 e. The van der Waals surface area contributed by atoms with Crippen molar-refractivity contribution in [3.8, 4) is 0 Å². The fourth-order valence-electron chi connectivity index (χ4n) is 3.61. The van der Waals surface area contributed by atoms with Crippen molar-refractivity contribution in [2.45, 2.75) is 44.6 Å². The smallest absolute Gasteiger partial charge is 0.0631 e. The van der Waals surface area contributed by atoms with Gasteiger partial charge in [0.15, 0.2) is 0 Å². The summed E-state index contributed by atoms with van der Waals surface area (Å²) in [6.45, 7) is 0.361. The molecule has 0 unspecified atom stereocenters. The monoisotopic (exact) mass is 184 g/mol. The van der Waals surface area contributed by atoms with E-state index in [1.54, 1.807) is 0 Å². The molecule has 0 aromatic heterocycles. The van der Waals surface area contributed by atoms with Crippen molar-refractivity contribution in [3.05, 3.63) is 0 Å². The molecule has 0 bridgehead atoms. The minimum atomic E-state index is 0.351. The van der Waals surface area contributed by atoms with Gasteiger partial charge >= 0.3 is 0 Å². The Labute approximate surface area is 80.3 Å². The zero-order valence-corrected chi connectivity index (χ0v) is 8.46. The third-order valence-corrected chi connectivity index (χ3v) is 4.26. The molecule has 2 heteroatoms. The summed E-state index contributed by atoms with van der Waals surface area (Å²) in [6.07, 6.45) is 7.95. The molecule has 0 amide bonds. The second kappa shape index (κ2) is 3.58. The average molecular weight is 184 g/mol. The highest BCUT2D eigenvalue weighted by molar-refractivity contribution is 5.00. The summed E-state index contributed by atoms with van der Waals surface area (Å²) in [6, 6.07) is 0. The summed E-state index contributed by atoms with van der Waals surface area (Å²) < 4.78 is 5.57. The molecule has 13 heavy (non-hydrogen) atoms. The van der Waals surface area contributed by atoms with E-state index in [1.807, 2.05) is 7.11 Å². The third-order valence-electron chi connectivity index (χ3n) is 4.26. The molecule has 1 spiro atoms. The van der Waals surface area contributed by atoms with Crippen LogP contribution in [0.25, 0.3) is 0 Å². The predicted molar refractivity (Wildman–Crippen MR) is 51.5 cm³/mol. The van der Waals surface area contributed by atoms with Crippen LogP contribution in [-0.4, -0.2) is 24.9 Å². The van der Waals surface area contributed by atoms with Crippen LogP contribution in [0.1, 0.15) is 38.5 Å². The lowest BCUT2D eigenvalue weighted by Crippen LogP contribution is -2.36. The molecule has 2 aliphatic carbocycles. The van der Waals surface area contributed by atoms with Crippen LogP contribution in [0.15, 0.2) is 0 Å². The standard InChI is InChI=1S/C11H20O2/c1-13-10-5-3-7-11(10)6-2-4-9(11)8-12/h9-10,12H,2-8H2,1H3/t9-,10+,11+/m0/s1. The number of ether oxygens (including phenoxy) is 1. The number of rotatable bonds is 2. The van der Waals surface area contributed by atoms with Crippen LogP contribution >= 0.6 is 0 Å². The normalized spacial score (nSPS) is 44.8. The Kier molecular flexibility index (Phi) is 2.61. The number of aliphatic hydroxyl groups is 1. The first-order chi connectivity index (χ1) is 6.33. The van der Waals surface area contributed by atoms with E-state index in [9.17, 15) is 5.11 Å². The van der Waals surface area contributed by atoms with Gasteiger partial charge in [-0.3, -0.25) is 0 Å². The highest BCUT2D eigenvalue weighted by Crippen LogP contribution is 2.54. The maximum absolute atomic E-state index is 9.35. The van der Waals surface area contributed by atoms with Crippen molar-refractivity contribution in [3.63, 3.8) is 0 Å². The molecular formula is C11H20O2. The number of methoxy groups -OCH3 is 1. The van der Waals surface area contributed by atoms with E-state index < -0.39 is 0 Å². The van der Waals surface area contributed by atoms with Crippen LogP contribution in [0.2, 0.25) is 0 Å². The summed E-state index contributed by atoms with van der Waals surface area (Å²) in [5.74, 6) is 0.514. The Bertz CT molecular complexity index is 159. The van der Waals surface area contributed by atoms with Gasteiger partial charge in [0.2, 0.25) is 0 Å². The fourth-order valence-corrected chi connectivity index (χ4v) is 3.61. The second-order valence-electron chi connectivity index (χ2n) is 4.62. The first kappa shape index (κ1) is 9.47. The molecule has 2 saturated carbocycles. The Balaban J connectivity index is 2.16. The van der Waals surface area contributed by atoms with E-state index in [4.69, 9.17) is 4.74 Å². The minimum Gasteiger partial charge on any atom is -0.396 e. The van der Waals surface area contributed by atoms with E-state index in [-0.39, 0.29) is 0 Å². The molecule has 0 aromatic rings. The van der Waals surface area contributed by atoms with E-state index in [1.165, 1.54) is 38.5 Å². The van der Waals surface area contributed by atoms with Crippen LogP contribution in [0.3, 0.4) is 0 Å². The molecular weight excluding hydrogens is 164 g/mol. The molecule has 76 valence electrons. The highest BCUT2D eigenvalue weighted by Gasteiger charge is 2.50. The van der Waals surface area contributed by atoms with E-state index in [2.05, 4.69) is 0 Å². The van der Waals surface area contributed by atoms with Crippen molar-refractivity contribution in [1.82, 2.24) is 0 Å². The average Bonchev–Trinajstić information content (AvgIpc) is 2.74. The topological polar surface area (TPSA) is 29.5 Å². The molecule has 2 aliphatic rings. The SMILES string of the molecule is CO[C@@H]1CCC[C@@]12CCC[C@H]2CO. The van der Waals surface area contributed by atoms with E-state index in [0.29, 0.717) is 24.0 Å². The predicted octanol–water partition coefficient (Wildman–Crippen LogP) is 1.96. The maximum atomic E-state index is 9.35. The zero-order valence-electron chi connectivity index (χ0n) is 8.46. The molecule has 0 heterocycles. The zero-order chi connectivity index (χ0) is 9.31. The van der Waals surface area contributed by atoms with Crippen LogP contribution in [0.4, 0.5) is 0 Å². The van der Waals surface area contributed by atoms with Gasteiger partial charge in [0.1, 0.15) is 0 Å². The molecule has 2 nitrogen and oxygen atoms in total. The first-order valence-corrected chi connectivity index (χ1v) is 5.47. The van der Waals surface area contributed by atoms with Gasteiger partial charge in [-0.1, -0.05) is 12.8 Å². The lowest BCUT2D eigenvalue weighted by atomic mass is 9.75. The largest absolute Gasteiger partial charge is 0.396 e. The lowest BCUT2D eigenvalue weighted by Gasteiger charge is -2.35. The van der Waals surface area contributed by atoms with Crippen LogP contribution < -0.4 is 0 Å². The van der Waals surface area contributed by atoms with Crippen LogP contribution in [0.5, 0.6) is 0 Å². The molecule has 0 radical (unpaired) electrons. The molecule has 0 saturated heterocycles. The van der Waals surface area contributed by atoms with Gasteiger partial charge in [-0.25, -0.2) is 0 Å². The summed E-state index contributed by atoms with van der Waals surface area (Å²) >= 11 is 0. The Morgan fingerprint density at radius 3 is 2.62 bits per heavy atom. The van der Waals surface area contributed by atoms with E-state index >= 15 is 0 Å². The fraction of sp³-hybridized carbons (Fsp3) is 1.00. The molecule has 1 N–H and O–H groups in total. The summed E-state index contributed by atoms with van der Waals surface area (Å²) in [5.41, 5.74) is 0.351. The summed E-state index contributed by atoms with van der Waals surface area (Å²) in [7, 11) is 1.82. The molecule has 2 rings (SSSR count). The van der Waals surface area contributed by atoms with Crippen LogP contribution in [0, 0.1) is 11.3 Å². The van der Waals surface area contributed by atoms with Crippen molar-refractivity contribution in [2.75, 3.05) is 13.7 Å². The quantitative estimate of drug-likeness (QED) is 0.711. The van der Waals surface area contributed by atoms with Crippen LogP contribution in [-0.2, 0) is 4.74 Å². The minimum absolute atomic E-state index is 0.351. The summed E-state index contributed by atoms with van der Waals surface area (Å²) in [5, 5.41) is 9.35. The molecule has 0 aliphatic heterocycles. The lowest BCUT2D eigenvalue weighted by molar-refractivity contribution is -0.0261. The van der Waals surface area contributed by atoms with Gasteiger partial charge in [-0.05, 0) is 31.6 Å². The molecule has 2 fully saturated rings. The molecule has 0 aromatic carbocycles. The molecule has 3 atom stereocenters. The van der Waals surface area contributed by atoms with Crippen molar-refractivity contribution >= 4 is 0 Å². The van der Waals surface area contributed by atoms with Crippen molar-refractivity contribution in [2.24, 2.45) is 11.3 Å². The van der Waals surface area contributed by atoms with Gasteiger partial charge in [-0.15, -0.1) is 0 Å². The van der Waals surface area contributed by atoms with Crippen molar-refractivity contribution in [1.29, 1.82) is 0 Å². The van der Waals surface area contributed by atoms with Gasteiger partial charge < -0.3 is 9.84 Å². The van der Waals surface area contributed by atoms with Crippen molar-refractivity contribution < 1.29 is 9.84 Å². The third kappa shape index (κ3) is 1.31. The van der Waals surface area contributed by atoms with E-state index in [0.717, 1.165) is 0 Å². The first-order valence-electron chi connectivity index (χ1n) is 5.47.